The number of hydrogen-bond donors (Lipinski definition) is 0. The van der Waals surface area contributed by atoms with Crippen molar-refractivity contribution < 1.29 is 13.9 Å². The fourth-order valence-corrected chi connectivity index (χ4v) is 5.50. The summed E-state index contributed by atoms with van der Waals surface area (Å²) in [6.07, 6.45) is 5.47. The third-order valence-corrected chi connectivity index (χ3v) is 6.83. The van der Waals surface area contributed by atoms with E-state index in [-0.39, 0.29) is 11.4 Å². The van der Waals surface area contributed by atoms with E-state index in [0.29, 0.717) is 12.5 Å². The molecule has 2 atom stereocenters. The molecule has 0 aliphatic carbocycles. The summed E-state index contributed by atoms with van der Waals surface area (Å²) in [4.78, 5) is 19.4. The molecule has 4 rings (SSSR count). The molecular formula is C21H28N2O3S. The van der Waals surface area contributed by atoms with Crippen LogP contribution in [0.4, 0.5) is 0 Å². The summed E-state index contributed by atoms with van der Waals surface area (Å²) in [7, 11) is 0. The highest BCUT2D eigenvalue weighted by atomic mass is 32.1. The minimum atomic E-state index is -0.371. The van der Waals surface area contributed by atoms with Crippen LogP contribution in [0.25, 0.3) is 0 Å². The number of esters is 1. The number of carbonyl (C=O) groups is 1. The van der Waals surface area contributed by atoms with Crippen LogP contribution in [0.5, 0.6) is 0 Å². The summed E-state index contributed by atoms with van der Waals surface area (Å²) in [5, 5.41) is 2.14. The zero-order valence-electron chi connectivity index (χ0n) is 15.9. The van der Waals surface area contributed by atoms with Gasteiger partial charge in [-0.2, -0.15) is 0 Å². The minimum absolute atomic E-state index is 0.00247. The lowest BCUT2D eigenvalue weighted by Gasteiger charge is -2.31. The molecular weight excluding hydrogens is 360 g/mol. The molecule has 2 fully saturated rings. The van der Waals surface area contributed by atoms with Crippen LogP contribution in [-0.4, -0.2) is 48.6 Å². The highest BCUT2D eigenvalue weighted by Gasteiger charge is 2.53. The van der Waals surface area contributed by atoms with Gasteiger partial charge in [0.1, 0.15) is 0 Å². The molecule has 6 heteroatoms. The smallest absolute Gasteiger partial charge is 0.313 e. The summed E-state index contributed by atoms with van der Waals surface area (Å²) < 4.78 is 10.8. The van der Waals surface area contributed by atoms with E-state index < -0.39 is 0 Å². The van der Waals surface area contributed by atoms with E-state index in [1.165, 1.54) is 10.4 Å². The van der Waals surface area contributed by atoms with Crippen molar-refractivity contribution >= 4 is 17.3 Å². The summed E-state index contributed by atoms with van der Waals surface area (Å²) in [6, 6.07) is 6.32. The molecule has 0 unspecified atom stereocenters. The molecule has 0 radical (unpaired) electrons. The normalized spacial score (nSPS) is 26.6. The highest BCUT2D eigenvalue weighted by Crippen LogP contribution is 2.44. The van der Waals surface area contributed by atoms with Crippen molar-refractivity contribution in [2.24, 2.45) is 11.3 Å². The Kier molecular flexibility index (Phi) is 5.66. The van der Waals surface area contributed by atoms with E-state index in [1.54, 1.807) is 12.5 Å². The van der Waals surface area contributed by atoms with Gasteiger partial charge in [-0.1, -0.05) is 6.07 Å². The lowest BCUT2D eigenvalue weighted by atomic mass is 9.75. The maximum Gasteiger partial charge on any atom is 0.313 e. The van der Waals surface area contributed by atoms with Crippen LogP contribution >= 0.6 is 11.3 Å². The van der Waals surface area contributed by atoms with Crippen molar-refractivity contribution in [1.29, 1.82) is 0 Å². The van der Waals surface area contributed by atoms with Crippen LogP contribution in [0, 0.1) is 11.3 Å². The maximum absolute atomic E-state index is 13.0. The number of nitrogens with zero attached hydrogens (tertiary/aromatic N) is 2. The summed E-state index contributed by atoms with van der Waals surface area (Å²) in [5.74, 6) is 0.314. The average molecular weight is 389 g/mol. The van der Waals surface area contributed by atoms with Crippen LogP contribution in [0.2, 0.25) is 0 Å². The number of likely N-dealkylation sites (tertiary alicyclic amines) is 2. The van der Waals surface area contributed by atoms with E-state index in [4.69, 9.17) is 9.15 Å². The lowest BCUT2D eigenvalue weighted by Crippen LogP contribution is -2.42. The van der Waals surface area contributed by atoms with Gasteiger partial charge < -0.3 is 9.15 Å². The first-order valence-electron chi connectivity index (χ1n) is 9.85. The van der Waals surface area contributed by atoms with E-state index in [0.717, 1.165) is 52.1 Å². The average Bonchev–Trinajstić information content (AvgIpc) is 3.37. The van der Waals surface area contributed by atoms with Crippen LogP contribution < -0.4 is 0 Å². The van der Waals surface area contributed by atoms with E-state index in [9.17, 15) is 4.79 Å². The molecule has 2 saturated heterocycles. The number of fused-ring (bicyclic) bond motifs is 1. The number of thiophene rings is 1. The molecule has 0 amide bonds. The third-order valence-electron chi connectivity index (χ3n) is 5.97. The second-order valence-corrected chi connectivity index (χ2v) is 8.83. The van der Waals surface area contributed by atoms with Crippen molar-refractivity contribution in [3.63, 3.8) is 0 Å². The fourth-order valence-electron chi connectivity index (χ4n) is 4.75. The van der Waals surface area contributed by atoms with Crippen LogP contribution in [-0.2, 0) is 22.6 Å². The number of ether oxygens (including phenoxy) is 1. The minimum Gasteiger partial charge on any atom is -0.472 e. The Hall–Kier alpha value is -1.63. The lowest BCUT2D eigenvalue weighted by molar-refractivity contribution is -0.157. The SMILES string of the molecule is CCOC(=O)[C@@]12CCCN(Cc3cccs3)C[C@@H]1CN(Cc1ccoc1)C2. The van der Waals surface area contributed by atoms with Gasteiger partial charge in [0.2, 0.25) is 0 Å². The molecule has 0 bridgehead atoms. The monoisotopic (exact) mass is 388 g/mol. The predicted molar refractivity (Wildman–Crippen MR) is 105 cm³/mol. The Morgan fingerprint density at radius 3 is 2.96 bits per heavy atom. The fraction of sp³-hybridized carbons (Fsp3) is 0.571. The number of rotatable bonds is 6. The van der Waals surface area contributed by atoms with Crippen molar-refractivity contribution in [1.82, 2.24) is 9.80 Å². The summed E-state index contributed by atoms with van der Waals surface area (Å²) >= 11 is 1.81. The molecule has 5 nitrogen and oxygen atoms in total. The topological polar surface area (TPSA) is 45.9 Å². The molecule has 2 aliphatic rings. The van der Waals surface area contributed by atoms with Crippen molar-refractivity contribution in [3.05, 3.63) is 46.5 Å². The Bertz CT molecular complexity index is 731. The van der Waals surface area contributed by atoms with Gasteiger partial charge in [-0.15, -0.1) is 11.3 Å². The van der Waals surface area contributed by atoms with Gasteiger partial charge >= 0.3 is 5.97 Å². The molecule has 2 aromatic heterocycles. The van der Waals surface area contributed by atoms with Crippen LogP contribution in [0.1, 0.15) is 30.2 Å². The zero-order chi connectivity index (χ0) is 18.7. The van der Waals surface area contributed by atoms with Crippen molar-refractivity contribution in [2.75, 3.05) is 32.8 Å². The third kappa shape index (κ3) is 3.98. The van der Waals surface area contributed by atoms with Gasteiger partial charge in [0.15, 0.2) is 0 Å². The standard InChI is InChI=1S/C21H28N2O3S/c1-2-26-20(24)21-7-4-8-22(14-19-5-3-10-27-19)12-18(21)13-23(16-21)11-17-6-9-25-15-17/h3,5-6,9-10,15,18H,2,4,7-8,11-14,16H2,1H3/t18-,21-/m1/s1. The molecule has 0 aromatic carbocycles. The van der Waals surface area contributed by atoms with E-state index in [1.807, 2.05) is 24.3 Å². The second-order valence-electron chi connectivity index (χ2n) is 7.79. The number of furan rings is 1. The first kappa shape index (κ1) is 18.7. The molecule has 2 aromatic rings. The quantitative estimate of drug-likeness (QED) is 0.708. The maximum atomic E-state index is 13.0. The molecule has 2 aliphatic heterocycles. The van der Waals surface area contributed by atoms with Gasteiger partial charge in [-0.25, -0.2) is 0 Å². The molecule has 0 saturated carbocycles. The van der Waals surface area contributed by atoms with E-state index >= 15 is 0 Å². The summed E-state index contributed by atoms with van der Waals surface area (Å²) in [5.41, 5.74) is 0.796. The molecule has 27 heavy (non-hydrogen) atoms. The van der Waals surface area contributed by atoms with Gasteiger partial charge in [0.05, 0.1) is 24.5 Å². The first-order valence-corrected chi connectivity index (χ1v) is 10.7. The van der Waals surface area contributed by atoms with Gasteiger partial charge in [0.25, 0.3) is 0 Å². The van der Waals surface area contributed by atoms with E-state index in [2.05, 4.69) is 27.3 Å². The number of hydrogen-bond acceptors (Lipinski definition) is 6. The first-order chi connectivity index (χ1) is 13.2. The highest BCUT2D eigenvalue weighted by molar-refractivity contribution is 7.09. The molecule has 4 heterocycles. The largest absolute Gasteiger partial charge is 0.472 e. The van der Waals surface area contributed by atoms with Gasteiger partial charge in [0, 0.05) is 49.1 Å². The second kappa shape index (κ2) is 8.17. The molecule has 146 valence electrons. The van der Waals surface area contributed by atoms with Crippen LogP contribution in [0.15, 0.2) is 40.5 Å². The van der Waals surface area contributed by atoms with Crippen molar-refractivity contribution in [3.8, 4) is 0 Å². The van der Waals surface area contributed by atoms with Crippen LogP contribution in [0.3, 0.4) is 0 Å². The predicted octanol–water partition coefficient (Wildman–Crippen LogP) is 3.62. The zero-order valence-corrected chi connectivity index (χ0v) is 16.7. The van der Waals surface area contributed by atoms with Crippen molar-refractivity contribution in [2.45, 2.75) is 32.9 Å². The molecule has 0 spiro atoms. The Labute approximate surface area is 164 Å². The summed E-state index contributed by atoms with van der Waals surface area (Å²) in [6.45, 7) is 7.90. The number of carbonyl (C=O) groups excluding carboxylic acids is 1. The van der Waals surface area contributed by atoms with Gasteiger partial charge in [-0.3, -0.25) is 14.6 Å². The molecule has 0 N–H and O–H groups in total. The van der Waals surface area contributed by atoms with Gasteiger partial charge in [-0.05, 0) is 43.8 Å². The Morgan fingerprint density at radius 1 is 1.33 bits per heavy atom. The Balaban J connectivity index is 1.52. The Morgan fingerprint density at radius 2 is 2.22 bits per heavy atom.